The topological polar surface area (TPSA) is 61.0 Å². The first-order valence-electron chi connectivity index (χ1n) is 5.38. The van der Waals surface area contributed by atoms with Crippen molar-refractivity contribution in [1.82, 2.24) is 9.97 Å². The fourth-order valence-corrected chi connectivity index (χ4v) is 1.58. The van der Waals surface area contributed by atoms with Crippen molar-refractivity contribution in [1.29, 1.82) is 0 Å². The van der Waals surface area contributed by atoms with E-state index in [2.05, 4.69) is 16.9 Å². The number of nitrogen functional groups attached to an aromatic ring is 1. The van der Waals surface area contributed by atoms with Gasteiger partial charge in [0.15, 0.2) is 5.82 Å². The third-order valence-electron chi connectivity index (χ3n) is 2.41. The second-order valence-electron chi connectivity index (χ2n) is 3.89. The highest BCUT2D eigenvalue weighted by Gasteiger charge is 2.04. The molecule has 88 valence electrons. The Kier molecular flexibility index (Phi) is 3.35. The molecular weight excluding hydrogens is 214 g/mol. The Morgan fingerprint density at radius 2 is 1.88 bits per heavy atom. The van der Waals surface area contributed by atoms with Crippen LogP contribution in [0.15, 0.2) is 30.3 Å². The molecule has 0 fully saturated rings. The first-order chi connectivity index (χ1) is 8.19. The summed E-state index contributed by atoms with van der Waals surface area (Å²) in [4.78, 5) is 8.52. The molecule has 0 aliphatic heterocycles. The van der Waals surface area contributed by atoms with Gasteiger partial charge in [-0.2, -0.15) is 0 Å². The highest BCUT2D eigenvalue weighted by atomic mass is 16.5. The van der Waals surface area contributed by atoms with E-state index in [1.807, 2.05) is 24.3 Å². The molecular formula is C13H15N3O. The summed E-state index contributed by atoms with van der Waals surface area (Å²) >= 11 is 0. The largest absolute Gasteiger partial charge is 0.384 e. The van der Waals surface area contributed by atoms with Gasteiger partial charge in [-0.15, -0.1) is 0 Å². The van der Waals surface area contributed by atoms with E-state index in [1.165, 1.54) is 5.56 Å². The molecule has 1 aromatic carbocycles. The Balaban J connectivity index is 2.40. The number of hydrogen-bond acceptors (Lipinski definition) is 4. The molecule has 0 atom stereocenters. The number of nitrogens with two attached hydrogens (primary N) is 1. The molecule has 0 spiro atoms. The van der Waals surface area contributed by atoms with E-state index in [0.29, 0.717) is 18.2 Å². The predicted octanol–water partition coefficient (Wildman–Crippen LogP) is 2.18. The summed E-state index contributed by atoms with van der Waals surface area (Å²) in [7, 11) is 1.61. The van der Waals surface area contributed by atoms with Gasteiger partial charge in [0, 0.05) is 18.7 Å². The number of methoxy groups -OCH3 is 1. The average Bonchev–Trinajstić information content (AvgIpc) is 2.29. The molecule has 1 heterocycles. The van der Waals surface area contributed by atoms with E-state index < -0.39 is 0 Å². The fourth-order valence-electron chi connectivity index (χ4n) is 1.58. The molecule has 2 N–H and O–H groups in total. The molecule has 0 saturated carbocycles. The number of aromatic nitrogens is 2. The molecule has 0 aliphatic rings. The van der Waals surface area contributed by atoms with Crippen molar-refractivity contribution in [2.24, 2.45) is 0 Å². The zero-order valence-electron chi connectivity index (χ0n) is 9.97. The minimum Gasteiger partial charge on any atom is -0.384 e. The number of hydrogen-bond donors (Lipinski definition) is 1. The minimum absolute atomic E-state index is 0.365. The van der Waals surface area contributed by atoms with Crippen LogP contribution in [-0.2, 0) is 11.3 Å². The Labute approximate surface area is 100 Å². The third-order valence-corrected chi connectivity index (χ3v) is 2.41. The highest BCUT2D eigenvalue weighted by Crippen LogP contribution is 2.19. The number of nitrogens with zero attached hydrogens (tertiary/aromatic N) is 2. The number of aryl methyl sites for hydroxylation is 1. The van der Waals surface area contributed by atoms with Gasteiger partial charge < -0.3 is 10.5 Å². The first-order valence-corrected chi connectivity index (χ1v) is 5.38. The first kappa shape index (κ1) is 11.5. The van der Waals surface area contributed by atoms with Gasteiger partial charge in [0.2, 0.25) is 0 Å². The molecule has 0 saturated heterocycles. The van der Waals surface area contributed by atoms with E-state index in [1.54, 1.807) is 13.2 Å². The minimum atomic E-state index is 0.365. The van der Waals surface area contributed by atoms with Crippen molar-refractivity contribution in [3.8, 4) is 11.3 Å². The monoisotopic (exact) mass is 229 g/mol. The number of benzene rings is 1. The number of anilines is 1. The lowest BCUT2D eigenvalue weighted by Gasteiger charge is -2.05. The molecule has 2 rings (SSSR count). The smallest absolute Gasteiger partial charge is 0.157 e. The molecule has 0 amide bonds. The van der Waals surface area contributed by atoms with Gasteiger partial charge in [0.05, 0.1) is 5.69 Å². The van der Waals surface area contributed by atoms with Crippen molar-refractivity contribution in [2.75, 3.05) is 12.8 Å². The van der Waals surface area contributed by atoms with Gasteiger partial charge in [0.1, 0.15) is 12.4 Å². The van der Waals surface area contributed by atoms with Crippen LogP contribution in [0.25, 0.3) is 11.3 Å². The quantitative estimate of drug-likeness (QED) is 0.876. The molecule has 4 nitrogen and oxygen atoms in total. The molecule has 0 aliphatic carbocycles. The van der Waals surface area contributed by atoms with Crippen molar-refractivity contribution >= 4 is 5.82 Å². The van der Waals surface area contributed by atoms with E-state index >= 15 is 0 Å². The Bertz CT molecular complexity index is 509. The molecule has 2 aromatic rings. The zero-order valence-corrected chi connectivity index (χ0v) is 9.97. The predicted molar refractivity (Wildman–Crippen MR) is 67.3 cm³/mol. The van der Waals surface area contributed by atoms with E-state index in [4.69, 9.17) is 10.5 Å². The Hall–Kier alpha value is -1.94. The lowest BCUT2D eigenvalue weighted by atomic mass is 10.1. The van der Waals surface area contributed by atoms with E-state index in [9.17, 15) is 0 Å². The summed E-state index contributed by atoms with van der Waals surface area (Å²) < 4.78 is 5.01. The molecule has 0 unspecified atom stereocenters. The van der Waals surface area contributed by atoms with Crippen molar-refractivity contribution < 1.29 is 4.74 Å². The summed E-state index contributed by atoms with van der Waals surface area (Å²) in [5.74, 6) is 1.06. The van der Waals surface area contributed by atoms with E-state index in [0.717, 1.165) is 11.3 Å². The lowest BCUT2D eigenvalue weighted by molar-refractivity contribution is 0.178. The second kappa shape index (κ2) is 4.93. The van der Waals surface area contributed by atoms with E-state index in [-0.39, 0.29) is 0 Å². The average molecular weight is 229 g/mol. The molecule has 0 bridgehead atoms. The maximum atomic E-state index is 5.75. The summed E-state index contributed by atoms with van der Waals surface area (Å²) in [6.07, 6.45) is 0. The van der Waals surface area contributed by atoms with Crippen LogP contribution in [0.3, 0.4) is 0 Å². The summed E-state index contributed by atoms with van der Waals surface area (Å²) in [6, 6.07) is 9.90. The van der Waals surface area contributed by atoms with Gasteiger partial charge in [-0.1, -0.05) is 29.8 Å². The van der Waals surface area contributed by atoms with Gasteiger partial charge in [-0.05, 0) is 6.92 Å². The van der Waals surface area contributed by atoms with Crippen molar-refractivity contribution in [3.63, 3.8) is 0 Å². The van der Waals surface area contributed by atoms with Crippen LogP contribution in [0.1, 0.15) is 11.4 Å². The third kappa shape index (κ3) is 2.79. The van der Waals surface area contributed by atoms with Gasteiger partial charge in [-0.3, -0.25) is 0 Å². The van der Waals surface area contributed by atoms with Crippen LogP contribution in [0.4, 0.5) is 5.82 Å². The van der Waals surface area contributed by atoms with Gasteiger partial charge in [0.25, 0.3) is 0 Å². The number of rotatable bonds is 3. The van der Waals surface area contributed by atoms with Gasteiger partial charge >= 0.3 is 0 Å². The summed E-state index contributed by atoms with van der Waals surface area (Å²) in [5.41, 5.74) is 8.82. The standard InChI is InChI=1S/C13H15N3O/c1-9-3-5-10(6-4-9)11-7-12(14)16-13(15-11)8-17-2/h3-7H,8H2,1-2H3,(H2,14,15,16). The van der Waals surface area contributed by atoms with Crippen LogP contribution in [-0.4, -0.2) is 17.1 Å². The zero-order chi connectivity index (χ0) is 12.3. The lowest BCUT2D eigenvalue weighted by Crippen LogP contribution is -2.02. The van der Waals surface area contributed by atoms with Crippen LogP contribution < -0.4 is 5.73 Å². The molecule has 4 heteroatoms. The van der Waals surface area contributed by atoms with Gasteiger partial charge in [-0.25, -0.2) is 9.97 Å². The SMILES string of the molecule is COCc1nc(N)cc(-c2ccc(C)cc2)n1. The highest BCUT2D eigenvalue weighted by molar-refractivity contribution is 5.62. The second-order valence-corrected chi connectivity index (χ2v) is 3.89. The Morgan fingerprint density at radius 1 is 1.18 bits per heavy atom. The number of ether oxygens (including phenoxy) is 1. The van der Waals surface area contributed by atoms with Crippen LogP contribution in [0.2, 0.25) is 0 Å². The van der Waals surface area contributed by atoms with Crippen molar-refractivity contribution in [3.05, 3.63) is 41.7 Å². The molecule has 1 aromatic heterocycles. The summed E-state index contributed by atoms with van der Waals surface area (Å²) in [5, 5.41) is 0. The van der Waals surface area contributed by atoms with Crippen LogP contribution in [0.5, 0.6) is 0 Å². The molecule has 17 heavy (non-hydrogen) atoms. The summed E-state index contributed by atoms with van der Waals surface area (Å²) in [6.45, 7) is 2.42. The maximum Gasteiger partial charge on any atom is 0.157 e. The van der Waals surface area contributed by atoms with Crippen molar-refractivity contribution in [2.45, 2.75) is 13.5 Å². The van der Waals surface area contributed by atoms with Crippen LogP contribution >= 0.6 is 0 Å². The molecule has 0 radical (unpaired) electrons. The Morgan fingerprint density at radius 3 is 2.53 bits per heavy atom. The van der Waals surface area contributed by atoms with Crippen LogP contribution in [0, 0.1) is 6.92 Å². The fraction of sp³-hybridized carbons (Fsp3) is 0.231. The normalized spacial score (nSPS) is 10.5. The maximum absolute atomic E-state index is 5.75.